The van der Waals surface area contributed by atoms with Crippen molar-refractivity contribution >= 4 is 0 Å². The maximum absolute atomic E-state index is 6.42. The number of fused-ring (bicyclic) bond motifs is 4. The van der Waals surface area contributed by atoms with E-state index < -0.39 is 0 Å². The standard InChI is InChI=1S/C25H24N2O/c1-2-10-21-20(8-1)24(25-13-4-7-18(27-25)12-14-25)23-19(9-3-11-22(23)28-21)17-6-5-15-26-16-17/h1-3,5-6,8-11,15-16,18,24,27H,4,7,12-14H2/t18?,24-,25?/m0/s1. The molecule has 3 aliphatic rings. The Morgan fingerprint density at radius 3 is 2.79 bits per heavy atom. The van der Waals surface area contributed by atoms with E-state index in [1.165, 1.54) is 48.8 Å². The fraction of sp³-hybridized carbons (Fsp3) is 0.320. The van der Waals surface area contributed by atoms with E-state index in [0.717, 1.165) is 17.1 Å². The summed E-state index contributed by atoms with van der Waals surface area (Å²) >= 11 is 0. The van der Waals surface area contributed by atoms with Gasteiger partial charge in [0.05, 0.1) is 0 Å². The van der Waals surface area contributed by atoms with Gasteiger partial charge in [0.25, 0.3) is 0 Å². The number of hydrogen-bond donors (Lipinski definition) is 1. The van der Waals surface area contributed by atoms with Crippen LogP contribution in [-0.2, 0) is 0 Å². The molecule has 2 saturated heterocycles. The maximum Gasteiger partial charge on any atom is 0.131 e. The number of benzene rings is 2. The second-order valence-corrected chi connectivity index (χ2v) is 8.46. The van der Waals surface area contributed by atoms with Gasteiger partial charge in [0.2, 0.25) is 0 Å². The Morgan fingerprint density at radius 2 is 1.86 bits per heavy atom. The van der Waals surface area contributed by atoms with Crippen molar-refractivity contribution in [3.8, 4) is 22.6 Å². The first-order chi connectivity index (χ1) is 13.8. The highest BCUT2D eigenvalue weighted by atomic mass is 16.5. The number of nitrogens with zero attached hydrogens (tertiary/aromatic N) is 1. The molecule has 28 heavy (non-hydrogen) atoms. The zero-order chi connectivity index (χ0) is 18.6. The van der Waals surface area contributed by atoms with Crippen LogP contribution in [0.5, 0.6) is 11.5 Å². The Hall–Kier alpha value is -2.65. The smallest absolute Gasteiger partial charge is 0.131 e. The molecule has 3 heteroatoms. The van der Waals surface area contributed by atoms with Crippen LogP contribution in [-0.4, -0.2) is 16.6 Å². The second kappa shape index (κ2) is 6.18. The number of ether oxygens (including phenoxy) is 1. The van der Waals surface area contributed by atoms with Crippen molar-refractivity contribution in [2.24, 2.45) is 0 Å². The second-order valence-electron chi connectivity index (χ2n) is 8.46. The minimum atomic E-state index is 0.121. The van der Waals surface area contributed by atoms with Gasteiger partial charge < -0.3 is 10.1 Å². The highest BCUT2D eigenvalue weighted by Gasteiger charge is 2.51. The molecule has 2 unspecified atom stereocenters. The van der Waals surface area contributed by atoms with Gasteiger partial charge in [-0.1, -0.05) is 42.8 Å². The van der Waals surface area contributed by atoms with Crippen LogP contribution in [0.1, 0.15) is 49.1 Å². The lowest BCUT2D eigenvalue weighted by Crippen LogP contribution is -2.51. The summed E-state index contributed by atoms with van der Waals surface area (Å²) in [5.74, 6) is 2.30. The van der Waals surface area contributed by atoms with E-state index in [1.54, 1.807) is 0 Å². The summed E-state index contributed by atoms with van der Waals surface area (Å²) in [7, 11) is 0. The van der Waals surface area contributed by atoms with Gasteiger partial charge >= 0.3 is 0 Å². The summed E-state index contributed by atoms with van der Waals surface area (Å²) in [6.45, 7) is 0. The Labute approximate surface area is 165 Å². The molecule has 6 rings (SSSR count). The van der Waals surface area contributed by atoms with Crippen LogP contribution >= 0.6 is 0 Å². The van der Waals surface area contributed by atoms with E-state index >= 15 is 0 Å². The van der Waals surface area contributed by atoms with E-state index in [4.69, 9.17) is 4.74 Å². The first-order valence-corrected chi connectivity index (χ1v) is 10.4. The molecule has 0 spiro atoms. The Morgan fingerprint density at radius 1 is 0.929 bits per heavy atom. The zero-order valence-corrected chi connectivity index (χ0v) is 15.9. The van der Waals surface area contributed by atoms with Gasteiger partial charge in [-0.25, -0.2) is 0 Å². The van der Waals surface area contributed by atoms with Gasteiger partial charge in [-0.05, 0) is 49.4 Å². The van der Waals surface area contributed by atoms with Crippen LogP contribution in [0, 0.1) is 0 Å². The molecule has 3 aromatic rings. The Bertz CT molecular complexity index is 1030. The summed E-state index contributed by atoms with van der Waals surface area (Å²) in [6, 6.07) is 19.9. The molecule has 3 aliphatic heterocycles. The third-order valence-corrected chi connectivity index (χ3v) is 6.94. The van der Waals surface area contributed by atoms with Crippen molar-refractivity contribution < 1.29 is 4.74 Å². The van der Waals surface area contributed by atoms with E-state index in [-0.39, 0.29) is 5.54 Å². The van der Waals surface area contributed by atoms with Crippen LogP contribution in [0.15, 0.2) is 67.0 Å². The van der Waals surface area contributed by atoms with Crippen molar-refractivity contribution in [2.75, 3.05) is 0 Å². The molecule has 0 radical (unpaired) electrons. The molecule has 3 atom stereocenters. The fourth-order valence-electron chi connectivity index (χ4n) is 5.80. The molecule has 2 fully saturated rings. The van der Waals surface area contributed by atoms with Gasteiger partial charge in [-0.15, -0.1) is 0 Å². The summed E-state index contributed by atoms with van der Waals surface area (Å²) in [5.41, 5.74) is 5.17. The predicted molar refractivity (Wildman–Crippen MR) is 111 cm³/mol. The van der Waals surface area contributed by atoms with Crippen molar-refractivity contribution in [3.05, 3.63) is 78.1 Å². The quantitative estimate of drug-likeness (QED) is 0.634. The molecule has 140 valence electrons. The van der Waals surface area contributed by atoms with Gasteiger partial charge in [-0.3, -0.25) is 4.98 Å². The molecule has 2 aromatic carbocycles. The highest BCUT2D eigenvalue weighted by Crippen LogP contribution is 2.56. The predicted octanol–water partition coefficient (Wildman–Crippen LogP) is 5.66. The van der Waals surface area contributed by atoms with Crippen LogP contribution in [0.4, 0.5) is 0 Å². The number of piperidine rings is 1. The van der Waals surface area contributed by atoms with Gasteiger partial charge in [0, 0.05) is 46.6 Å². The number of para-hydroxylation sites is 1. The summed E-state index contributed by atoms with van der Waals surface area (Å²) in [4.78, 5) is 4.38. The SMILES string of the molecule is c1cncc(-c2cccc3c2[C@@H](C24CCCC(CC2)N4)c2ccccc2O3)c1. The zero-order valence-electron chi connectivity index (χ0n) is 15.9. The summed E-state index contributed by atoms with van der Waals surface area (Å²) < 4.78 is 6.42. The number of hydrogen-bond acceptors (Lipinski definition) is 3. The summed E-state index contributed by atoms with van der Waals surface area (Å²) in [5, 5.41) is 4.06. The van der Waals surface area contributed by atoms with E-state index in [2.05, 4.69) is 58.8 Å². The molecule has 0 amide bonds. The monoisotopic (exact) mass is 368 g/mol. The minimum Gasteiger partial charge on any atom is -0.457 e. The highest BCUT2D eigenvalue weighted by molar-refractivity contribution is 5.74. The van der Waals surface area contributed by atoms with Gasteiger partial charge in [0.15, 0.2) is 0 Å². The fourth-order valence-corrected chi connectivity index (χ4v) is 5.80. The van der Waals surface area contributed by atoms with Crippen molar-refractivity contribution in [1.82, 2.24) is 10.3 Å². The van der Waals surface area contributed by atoms with Crippen molar-refractivity contribution in [2.45, 2.75) is 49.6 Å². The molecule has 0 saturated carbocycles. The van der Waals surface area contributed by atoms with Crippen LogP contribution < -0.4 is 10.1 Å². The Kier molecular flexibility index (Phi) is 3.60. The third kappa shape index (κ3) is 2.36. The number of aromatic nitrogens is 1. The van der Waals surface area contributed by atoms with Crippen LogP contribution in [0.25, 0.3) is 11.1 Å². The number of nitrogens with one attached hydrogen (secondary N) is 1. The van der Waals surface area contributed by atoms with E-state index in [1.807, 2.05) is 18.5 Å². The molecule has 2 bridgehead atoms. The number of pyridine rings is 1. The Balaban J connectivity index is 1.61. The average molecular weight is 368 g/mol. The first kappa shape index (κ1) is 16.3. The molecular formula is C25H24N2O. The lowest BCUT2D eigenvalue weighted by molar-refractivity contribution is 0.238. The van der Waals surface area contributed by atoms with Crippen molar-refractivity contribution in [1.29, 1.82) is 0 Å². The van der Waals surface area contributed by atoms with Crippen LogP contribution in [0.3, 0.4) is 0 Å². The molecular weight excluding hydrogens is 344 g/mol. The first-order valence-electron chi connectivity index (χ1n) is 10.4. The van der Waals surface area contributed by atoms with Gasteiger partial charge in [-0.2, -0.15) is 0 Å². The topological polar surface area (TPSA) is 34.2 Å². The largest absolute Gasteiger partial charge is 0.457 e. The molecule has 3 nitrogen and oxygen atoms in total. The normalized spacial score (nSPS) is 27.6. The third-order valence-electron chi connectivity index (χ3n) is 6.94. The average Bonchev–Trinajstić information content (AvgIpc) is 3.06. The molecule has 1 N–H and O–H groups in total. The number of rotatable bonds is 2. The van der Waals surface area contributed by atoms with Gasteiger partial charge in [0.1, 0.15) is 11.5 Å². The van der Waals surface area contributed by atoms with E-state index in [0.29, 0.717) is 12.0 Å². The summed E-state index contributed by atoms with van der Waals surface area (Å²) in [6.07, 6.45) is 10.2. The van der Waals surface area contributed by atoms with Crippen molar-refractivity contribution in [3.63, 3.8) is 0 Å². The lowest BCUT2D eigenvalue weighted by Gasteiger charge is -2.45. The minimum absolute atomic E-state index is 0.121. The van der Waals surface area contributed by atoms with E-state index in [9.17, 15) is 0 Å². The maximum atomic E-state index is 6.42. The molecule has 1 aromatic heterocycles. The lowest BCUT2D eigenvalue weighted by atomic mass is 9.68. The molecule has 0 aliphatic carbocycles. The van der Waals surface area contributed by atoms with Crippen LogP contribution in [0.2, 0.25) is 0 Å². The molecule has 4 heterocycles.